The van der Waals surface area contributed by atoms with Gasteiger partial charge in [0.1, 0.15) is 0 Å². The van der Waals surface area contributed by atoms with Gasteiger partial charge >= 0.3 is 0 Å². The first-order valence-corrected chi connectivity index (χ1v) is 7.94. The number of amides is 1. The number of nitrogens with zero attached hydrogens (tertiary/aromatic N) is 1. The molecule has 0 aromatic heterocycles. The second kappa shape index (κ2) is 6.05. The van der Waals surface area contributed by atoms with Crippen LogP contribution in [0.2, 0.25) is 0 Å². The zero-order chi connectivity index (χ0) is 14.9. The van der Waals surface area contributed by atoms with E-state index in [0.717, 1.165) is 19.3 Å². The molecular weight excluding hydrogens is 273 g/mol. The Bertz CT molecular complexity index is 410. The van der Waals surface area contributed by atoms with Crippen LogP contribution in [-0.4, -0.2) is 55.0 Å². The van der Waals surface area contributed by atoms with E-state index in [2.05, 4.69) is 6.58 Å². The summed E-state index contributed by atoms with van der Waals surface area (Å²) in [7, 11) is 0. The molecule has 3 aliphatic rings. The molecule has 0 bridgehead atoms. The standard InChI is InChI=1S/C16H24FNO3/c1-2-7-20-11-12-9-13-14(10-12)21-8-6-18(13)15(19)16(17)4-3-5-16/h2,12-14H,1,3-11H2. The number of alkyl halides is 1. The predicted molar refractivity (Wildman–Crippen MR) is 76.7 cm³/mol. The third kappa shape index (κ3) is 2.86. The summed E-state index contributed by atoms with van der Waals surface area (Å²) >= 11 is 0. The van der Waals surface area contributed by atoms with Gasteiger partial charge < -0.3 is 14.4 Å². The maximum Gasteiger partial charge on any atom is 0.260 e. The van der Waals surface area contributed by atoms with E-state index in [0.29, 0.717) is 45.1 Å². The summed E-state index contributed by atoms with van der Waals surface area (Å²) in [6.07, 6.45) is 5.10. The lowest BCUT2D eigenvalue weighted by Gasteiger charge is -2.43. The fourth-order valence-corrected chi connectivity index (χ4v) is 3.72. The molecule has 1 aliphatic heterocycles. The van der Waals surface area contributed by atoms with Crippen LogP contribution in [-0.2, 0) is 14.3 Å². The Kier molecular flexibility index (Phi) is 4.31. The Hall–Kier alpha value is -0.940. The number of carbonyl (C=O) groups is 1. The first-order chi connectivity index (χ1) is 10.1. The van der Waals surface area contributed by atoms with E-state index in [4.69, 9.17) is 9.47 Å². The van der Waals surface area contributed by atoms with Crippen LogP contribution in [0.1, 0.15) is 32.1 Å². The monoisotopic (exact) mass is 297 g/mol. The topological polar surface area (TPSA) is 38.8 Å². The first kappa shape index (κ1) is 15.0. The number of morpholine rings is 1. The Labute approximate surface area is 125 Å². The highest BCUT2D eigenvalue weighted by Crippen LogP contribution is 2.41. The maximum absolute atomic E-state index is 14.4. The Balaban J connectivity index is 1.61. The summed E-state index contributed by atoms with van der Waals surface area (Å²) in [5.41, 5.74) is -1.60. The van der Waals surface area contributed by atoms with Crippen LogP contribution in [0, 0.1) is 5.92 Å². The number of hydrogen-bond donors (Lipinski definition) is 0. The molecule has 0 aromatic rings. The molecule has 4 nitrogen and oxygen atoms in total. The summed E-state index contributed by atoms with van der Waals surface area (Å²) in [6.45, 7) is 5.87. The molecule has 2 aliphatic carbocycles. The predicted octanol–water partition coefficient (Wildman–Crippen LogP) is 2.09. The summed E-state index contributed by atoms with van der Waals surface area (Å²) in [4.78, 5) is 14.2. The zero-order valence-electron chi connectivity index (χ0n) is 12.4. The molecule has 3 fully saturated rings. The normalized spacial score (nSPS) is 34.1. The molecule has 1 saturated heterocycles. The lowest BCUT2D eigenvalue weighted by atomic mass is 9.80. The van der Waals surface area contributed by atoms with E-state index in [-0.39, 0.29) is 18.1 Å². The molecule has 1 amide bonds. The third-order valence-electron chi connectivity index (χ3n) is 5.01. The number of rotatable bonds is 5. The molecule has 0 N–H and O–H groups in total. The molecule has 21 heavy (non-hydrogen) atoms. The van der Waals surface area contributed by atoms with Crippen molar-refractivity contribution < 1.29 is 18.7 Å². The van der Waals surface area contributed by atoms with E-state index in [1.807, 2.05) is 0 Å². The lowest BCUT2D eigenvalue weighted by molar-refractivity contribution is -0.162. The molecule has 2 saturated carbocycles. The van der Waals surface area contributed by atoms with Crippen LogP contribution in [0.4, 0.5) is 4.39 Å². The van der Waals surface area contributed by atoms with Crippen molar-refractivity contribution in [2.45, 2.75) is 49.9 Å². The third-order valence-corrected chi connectivity index (χ3v) is 5.01. The number of fused-ring (bicyclic) bond motifs is 1. The van der Waals surface area contributed by atoms with Crippen molar-refractivity contribution >= 4 is 5.91 Å². The molecule has 1 heterocycles. The minimum atomic E-state index is -1.60. The highest BCUT2D eigenvalue weighted by Gasteiger charge is 2.51. The Morgan fingerprint density at radius 2 is 2.29 bits per heavy atom. The Morgan fingerprint density at radius 3 is 2.95 bits per heavy atom. The van der Waals surface area contributed by atoms with Crippen molar-refractivity contribution in [3.05, 3.63) is 12.7 Å². The van der Waals surface area contributed by atoms with E-state index < -0.39 is 5.67 Å². The van der Waals surface area contributed by atoms with Crippen molar-refractivity contribution in [2.24, 2.45) is 5.92 Å². The molecule has 118 valence electrons. The summed E-state index contributed by atoms with van der Waals surface area (Å²) in [6, 6.07) is 0.0248. The highest BCUT2D eigenvalue weighted by atomic mass is 19.1. The fourth-order valence-electron chi connectivity index (χ4n) is 3.72. The van der Waals surface area contributed by atoms with Gasteiger partial charge in [-0.05, 0) is 38.0 Å². The minimum absolute atomic E-state index is 0.0248. The zero-order valence-corrected chi connectivity index (χ0v) is 12.4. The van der Waals surface area contributed by atoms with Crippen LogP contribution in [0.5, 0.6) is 0 Å². The van der Waals surface area contributed by atoms with Crippen LogP contribution >= 0.6 is 0 Å². The number of halogens is 1. The van der Waals surface area contributed by atoms with Gasteiger partial charge in [-0.25, -0.2) is 4.39 Å². The quantitative estimate of drug-likeness (QED) is 0.576. The molecule has 3 unspecified atom stereocenters. The van der Waals surface area contributed by atoms with Gasteiger partial charge in [0.05, 0.1) is 25.4 Å². The maximum atomic E-state index is 14.4. The van der Waals surface area contributed by atoms with Gasteiger partial charge in [-0.3, -0.25) is 4.79 Å². The van der Waals surface area contributed by atoms with Crippen LogP contribution in [0.25, 0.3) is 0 Å². The second-order valence-corrected chi connectivity index (χ2v) is 6.46. The molecule has 3 atom stereocenters. The van der Waals surface area contributed by atoms with Crippen LogP contribution in [0.3, 0.4) is 0 Å². The average Bonchev–Trinajstić information content (AvgIpc) is 2.87. The van der Waals surface area contributed by atoms with E-state index >= 15 is 0 Å². The van der Waals surface area contributed by atoms with Gasteiger partial charge in [-0.2, -0.15) is 0 Å². The smallest absolute Gasteiger partial charge is 0.260 e. The molecule has 5 heteroatoms. The van der Waals surface area contributed by atoms with Gasteiger partial charge in [-0.1, -0.05) is 6.08 Å². The van der Waals surface area contributed by atoms with Gasteiger partial charge in [0, 0.05) is 13.2 Å². The molecule has 3 rings (SSSR count). The van der Waals surface area contributed by atoms with Crippen LogP contribution < -0.4 is 0 Å². The van der Waals surface area contributed by atoms with Crippen molar-refractivity contribution in [3.8, 4) is 0 Å². The van der Waals surface area contributed by atoms with Gasteiger partial charge in [0.15, 0.2) is 5.67 Å². The molecule has 0 spiro atoms. The summed E-state index contributed by atoms with van der Waals surface area (Å²) in [5, 5.41) is 0. The van der Waals surface area contributed by atoms with E-state index in [1.165, 1.54) is 0 Å². The lowest BCUT2D eigenvalue weighted by Crippen LogP contribution is -2.58. The molecular formula is C16H24FNO3. The van der Waals surface area contributed by atoms with Gasteiger partial charge in [-0.15, -0.1) is 6.58 Å². The number of hydrogen-bond acceptors (Lipinski definition) is 3. The van der Waals surface area contributed by atoms with Gasteiger partial charge in [0.2, 0.25) is 0 Å². The number of carbonyl (C=O) groups excluding carboxylic acids is 1. The first-order valence-electron chi connectivity index (χ1n) is 7.94. The van der Waals surface area contributed by atoms with E-state index in [1.54, 1.807) is 11.0 Å². The minimum Gasteiger partial charge on any atom is -0.377 e. The molecule has 0 aromatic carbocycles. The average molecular weight is 297 g/mol. The fraction of sp³-hybridized carbons (Fsp3) is 0.812. The van der Waals surface area contributed by atoms with Gasteiger partial charge in [0.25, 0.3) is 5.91 Å². The van der Waals surface area contributed by atoms with Crippen LogP contribution in [0.15, 0.2) is 12.7 Å². The van der Waals surface area contributed by atoms with E-state index in [9.17, 15) is 9.18 Å². The Morgan fingerprint density at radius 1 is 1.48 bits per heavy atom. The molecule has 0 radical (unpaired) electrons. The van der Waals surface area contributed by atoms with Crippen molar-refractivity contribution in [1.29, 1.82) is 0 Å². The van der Waals surface area contributed by atoms with Crippen molar-refractivity contribution in [3.63, 3.8) is 0 Å². The largest absolute Gasteiger partial charge is 0.377 e. The number of ether oxygens (including phenoxy) is 2. The van der Waals surface area contributed by atoms with Crippen molar-refractivity contribution in [2.75, 3.05) is 26.4 Å². The van der Waals surface area contributed by atoms with Crippen molar-refractivity contribution in [1.82, 2.24) is 4.90 Å². The summed E-state index contributed by atoms with van der Waals surface area (Å²) in [5.74, 6) is 0.0741. The summed E-state index contributed by atoms with van der Waals surface area (Å²) < 4.78 is 25.7. The highest BCUT2D eigenvalue weighted by molar-refractivity contribution is 5.86. The SMILES string of the molecule is C=CCOCC1CC2OCCN(C(=O)C3(F)CCC3)C2C1. The second-order valence-electron chi connectivity index (χ2n) is 6.46.